The van der Waals surface area contributed by atoms with Crippen LogP contribution in [0.1, 0.15) is 51.7 Å². The molecule has 2 N–H and O–H groups in total. The van der Waals surface area contributed by atoms with Crippen LogP contribution < -0.4 is 5.73 Å². The molecule has 0 fully saturated rings. The van der Waals surface area contributed by atoms with Gasteiger partial charge in [-0.3, -0.25) is 9.56 Å². The van der Waals surface area contributed by atoms with Crippen LogP contribution in [0.2, 0.25) is 5.02 Å². The molecule has 0 amide bonds. The molecule has 32 heavy (non-hydrogen) atoms. The molecule has 6 nitrogen and oxygen atoms in total. The largest absolute Gasteiger partial charge is 0.384 e. The van der Waals surface area contributed by atoms with Gasteiger partial charge in [0.25, 0.3) is 0 Å². The Bertz CT molecular complexity index is 1420. The minimum atomic E-state index is -0.142. The summed E-state index contributed by atoms with van der Waals surface area (Å²) < 4.78 is 2.10. The lowest BCUT2D eigenvalue weighted by Crippen LogP contribution is -2.07. The smallest absolute Gasteiger partial charge is 0.162 e. The van der Waals surface area contributed by atoms with Crippen molar-refractivity contribution in [3.8, 4) is 16.8 Å². The molecule has 158 valence electrons. The molecule has 4 aromatic rings. The highest BCUT2D eigenvalue weighted by molar-refractivity contribution is 7.15. The molecule has 0 spiro atoms. The zero-order valence-corrected chi connectivity index (χ0v) is 19.3. The SMILES string of the molecule is Cc1c(C#Cc2ccc(N)nc2)sc2c1C(c1ccc(Cl)cc1)=N[C@@H](C)c1nnc(C)n1-2. The summed E-state index contributed by atoms with van der Waals surface area (Å²) in [6.45, 7) is 6.08. The van der Waals surface area contributed by atoms with Gasteiger partial charge in [0.2, 0.25) is 0 Å². The number of halogens is 1. The van der Waals surface area contributed by atoms with Crippen LogP contribution in [0, 0.1) is 25.7 Å². The Hall–Kier alpha value is -3.47. The minimum absolute atomic E-state index is 0.142. The zero-order chi connectivity index (χ0) is 22.4. The van der Waals surface area contributed by atoms with Crippen LogP contribution in [-0.4, -0.2) is 25.5 Å². The van der Waals surface area contributed by atoms with Crippen molar-refractivity contribution in [3.05, 3.63) is 86.4 Å². The third-order valence-electron chi connectivity index (χ3n) is 5.34. The summed E-state index contributed by atoms with van der Waals surface area (Å²) in [6.07, 6.45) is 1.68. The number of fused-ring (bicyclic) bond motifs is 3. The average molecular weight is 459 g/mol. The van der Waals surface area contributed by atoms with E-state index in [1.165, 1.54) is 0 Å². The van der Waals surface area contributed by atoms with Gasteiger partial charge >= 0.3 is 0 Å². The van der Waals surface area contributed by atoms with E-state index < -0.39 is 0 Å². The number of nitrogens with zero attached hydrogens (tertiary/aromatic N) is 5. The van der Waals surface area contributed by atoms with Crippen LogP contribution in [0.25, 0.3) is 5.00 Å². The maximum atomic E-state index is 6.14. The normalized spacial score (nSPS) is 14.6. The summed E-state index contributed by atoms with van der Waals surface area (Å²) in [5.74, 6) is 8.63. The summed E-state index contributed by atoms with van der Waals surface area (Å²) in [4.78, 5) is 10.1. The van der Waals surface area contributed by atoms with E-state index in [1.807, 2.05) is 44.2 Å². The average Bonchev–Trinajstić information content (AvgIpc) is 3.28. The highest BCUT2D eigenvalue weighted by Gasteiger charge is 2.29. The summed E-state index contributed by atoms with van der Waals surface area (Å²) >= 11 is 7.76. The summed E-state index contributed by atoms with van der Waals surface area (Å²) in [5, 5.41) is 10.4. The van der Waals surface area contributed by atoms with Crippen LogP contribution in [0.3, 0.4) is 0 Å². The molecule has 3 aromatic heterocycles. The fraction of sp³-hybridized carbons (Fsp3) is 0.167. The molecule has 0 saturated carbocycles. The van der Waals surface area contributed by atoms with E-state index in [4.69, 9.17) is 22.3 Å². The fourth-order valence-electron chi connectivity index (χ4n) is 3.70. The number of rotatable bonds is 1. The summed E-state index contributed by atoms with van der Waals surface area (Å²) in [5.41, 5.74) is 10.5. The van der Waals surface area contributed by atoms with Crippen LogP contribution in [-0.2, 0) is 0 Å². The van der Waals surface area contributed by atoms with Gasteiger partial charge in [-0.2, -0.15) is 0 Å². The second-order valence-electron chi connectivity index (χ2n) is 7.56. The van der Waals surface area contributed by atoms with Gasteiger partial charge in [-0.1, -0.05) is 35.6 Å². The van der Waals surface area contributed by atoms with Crippen molar-refractivity contribution in [2.45, 2.75) is 26.8 Å². The number of hydrogen-bond donors (Lipinski definition) is 1. The van der Waals surface area contributed by atoms with Crippen molar-refractivity contribution in [3.63, 3.8) is 0 Å². The standard InChI is InChI=1S/C24H19ClN6S/c1-13-19(10-4-16-5-11-20(26)27-12-16)32-24-21(13)22(17-6-8-18(25)9-7-17)28-14(2)23-30-29-15(3)31(23)24/h5-9,11-12,14H,1-3H3,(H2,26,27)/t14-/m0/s1. The molecule has 8 heteroatoms. The van der Waals surface area contributed by atoms with Gasteiger partial charge in [0, 0.05) is 27.9 Å². The van der Waals surface area contributed by atoms with Gasteiger partial charge < -0.3 is 5.73 Å². The number of thiophene rings is 1. The lowest BCUT2D eigenvalue weighted by Gasteiger charge is -2.09. The lowest BCUT2D eigenvalue weighted by atomic mass is 9.99. The predicted octanol–water partition coefficient (Wildman–Crippen LogP) is 4.89. The van der Waals surface area contributed by atoms with E-state index >= 15 is 0 Å². The van der Waals surface area contributed by atoms with Crippen LogP contribution in [0.5, 0.6) is 0 Å². The molecule has 0 bridgehead atoms. The second kappa shape index (κ2) is 7.90. The second-order valence-corrected chi connectivity index (χ2v) is 8.99. The van der Waals surface area contributed by atoms with E-state index in [0.29, 0.717) is 10.8 Å². The minimum Gasteiger partial charge on any atom is -0.384 e. The number of anilines is 1. The van der Waals surface area contributed by atoms with E-state index in [0.717, 1.165) is 49.5 Å². The number of pyridine rings is 1. The number of benzene rings is 1. The maximum absolute atomic E-state index is 6.14. The number of nitrogens with two attached hydrogens (primary N) is 1. The van der Waals surface area contributed by atoms with Crippen molar-refractivity contribution in [1.82, 2.24) is 19.7 Å². The first-order valence-electron chi connectivity index (χ1n) is 10.1. The Morgan fingerprint density at radius 2 is 1.84 bits per heavy atom. The first-order chi connectivity index (χ1) is 15.4. The van der Waals surface area contributed by atoms with Gasteiger partial charge in [-0.15, -0.1) is 21.5 Å². The maximum Gasteiger partial charge on any atom is 0.162 e. The number of aromatic nitrogens is 4. The molecule has 4 heterocycles. The van der Waals surface area contributed by atoms with E-state index in [-0.39, 0.29) is 6.04 Å². The number of aliphatic imine (C=N–C) groups is 1. The molecular weight excluding hydrogens is 440 g/mol. The van der Waals surface area contributed by atoms with E-state index in [2.05, 4.69) is 38.5 Å². The van der Waals surface area contributed by atoms with Crippen molar-refractivity contribution < 1.29 is 0 Å². The van der Waals surface area contributed by atoms with E-state index in [9.17, 15) is 0 Å². The van der Waals surface area contributed by atoms with Crippen LogP contribution in [0.15, 0.2) is 47.6 Å². The molecule has 1 aliphatic heterocycles. The molecule has 0 aliphatic carbocycles. The lowest BCUT2D eigenvalue weighted by molar-refractivity contribution is 0.724. The highest BCUT2D eigenvalue weighted by atomic mass is 35.5. The van der Waals surface area contributed by atoms with Crippen molar-refractivity contribution >= 4 is 34.5 Å². The summed E-state index contributed by atoms with van der Waals surface area (Å²) in [6, 6.07) is 11.2. The molecular formula is C24H19ClN6S. The first kappa shape index (κ1) is 20.4. The zero-order valence-electron chi connectivity index (χ0n) is 17.7. The van der Waals surface area contributed by atoms with Gasteiger partial charge in [0.05, 0.1) is 10.6 Å². The van der Waals surface area contributed by atoms with E-state index in [1.54, 1.807) is 23.6 Å². The molecule has 5 rings (SSSR count). The number of nitrogen functional groups attached to an aromatic ring is 1. The number of aryl methyl sites for hydroxylation is 1. The molecule has 0 saturated heterocycles. The Balaban J connectivity index is 1.72. The topological polar surface area (TPSA) is 82.0 Å². The Morgan fingerprint density at radius 1 is 1.06 bits per heavy atom. The molecule has 1 aromatic carbocycles. The third-order valence-corrected chi connectivity index (χ3v) is 6.78. The van der Waals surface area contributed by atoms with Crippen LogP contribution in [0.4, 0.5) is 5.82 Å². The van der Waals surface area contributed by atoms with Gasteiger partial charge in [0.15, 0.2) is 5.82 Å². The highest BCUT2D eigenvalue weighted by Crippen LogP contribution is 2.38. The van der Waals surface area contributed by atoms with Gasteiger partial charge in [-0.25, -0.2) is 4.98 Å². The van der Waals surface area contributed by atoms with Crippen LogP contribution >= 0.6 is 22.9 Å². The predicted molar refractivity (Wildman–Crippen MR) is 129 cm³/mol. The number of hydrogen-bond acceptors (Lipinski definition) is 6. The Labute approximate surface area is 194 Å². The van der Waals surface area contributed by atoms with Crippen molar-refractivity contribution in [2.24, 2.45) is 4.99 Å². The Morgan fingerprint density at radius 3 is 2.56 bits per heavy atom. The quantitative estimate of drug-likeness (QED) is 0.412. The molecule has 1 atom stereocenters. The summed E-state index contributed by atoms with van der Waals surface area (Å²) in [7, 11) is 0. The van der Waals surface area contributed by atoms with Crippen molar-refractivity contribution in [1.29, 1.82) is 0 Å². The first-order valence-corrected chi connectivity index (χ1v) is 11.2. The molecule has 0 radical (unpaired) electrons. The van der Waals surface area contributed by atoms with Gasteiger partial charge in [-0.05, 0) is 50.6 Å². The fourth-order valence-corrected chi connectivity index (χ4v) is 5.05. The Kier molecular flexibility index (Phi) is 5.04. The molecule has 0 unspecified atom stereocenters. The third kappa shape index (κ3) is 3.48. The monoisotopic (exact) mass is 458 g/mol. The van der Waals surface area contributed by atoms with Gasteiger partial charge in [0.1, 0.15) is 22.7 Å². The van der Waals surface area contributed by atoms with Crippen molar-refractivity contribution in [2.75, 3.05) is 5.73 Å². The molecule has 1 aliphatic rings.